The van der Waals surface area contributed by atoms with E-state index in [9.17, 15) is 5.11 Å². The third-order valence-corrected chi connectivity index (χ3v) is 12.0. The van der Waals surface area contributed by atoms with Gasteiger partial charge in [0.15, 0.2) is 0 Å². The summed E-state index contributed by atoms with van der Waals surface area (Å²) in [5.41, 5.74) is 15.0. The van der Waals surface area contributed by atoms with Crippen molar-refractivity contribution in [3.05, 3.63) is 187 Å². The summed E-state index contributed by atoms with van der Waals surface area (Å²) in [4.78, 5) is 10.4. The Morgan fingerprint density at radius 3 is 1.89 bits per heavy atom. The van der Waals surface area contributed by atoms with Crippen LogP contribution in [0.1, 0.15) is 52.7 Å². The second-order valence-electron chi connectivity index (χ2n) is 18.1. The number of para-hydroxylation sites is 3. The van der Waals surface area contributed by atoms with E-state index < -0.39 is 0 Å². The first-order valence-electron chi connectivity index (χ1n) is 21.1. The van der Waals surface area contributed by atoms with E-state index in [1.807, 2.05) is 30.5 Å². The summed E-state index contributed by atoms with van der Waals surface area (Å²) in [6.45, 7) is 13.5. The van der Waals surface area contributed by atoms with Crippen LogP contribution < -0.4 is 0 Å². The average Bonchev–Trinajstić information content (AvgIpc) is 3.81. The number of nitrogens with zero attached hydrogens (tertiary/aromatic N) is 4. The van der Waals surface area contributed by atoms with Crippen LogP contribution in [0.15, 0.2) is 176 Å². The molecule has 0 radical (unpaired) electrons. The van der Waals surface area contributed by atoms with Crippen LogP contribution in [-0.2, 0) is 10.8 Å². The highest BCUT2D eigenvalue weighted by molar-refractivity contribution is 6.11. The van der Waals surface area contributed by atoms with E-state index in [0.29, 0.717) is 11.4 Å². The van der Waals surface area contributed by atoms with Gasteiger partial charge in [-0.25, -0.2) is 4.98 Å². The highest BCUT2D eigenvalue weighted by atomic mass is 16.3. The molecule has 0 atom stereocenters. The monoisotopic (exact) mass is 792 g/mol. The number of fused-ring (bicyclic) bond motifs is 4. The number of aromatic nitrogens is 4. The topological polar surface area (TPSA) is 55.9 Å². The molecule has 3 heterocycles. The van der Waals surface area contributed by atoms with Crippen LogP contribution in [0.2, 0.25) is 0 Å². The number of imidazole rings is 1. The molecule has 0 aliphatic carbocycles. The minimum Gasteiger partial charge on any atom is -0.507 e. The molecular formula is C56H48N4O. The molecule has 0 aliphatic heterocycles. The van der Waals surface area contributed by atoms with Gasteiger partial charge in [0.1, 0.15) is 11.6 Å². The summed E-state index contributed by atoms with van der Waals surface area (Å²) >= 11 is 0. The molecule has 10 aromatic rings. The molecule has 1 N–H and O–H groups in total. The van der Waals surface area contributed by atoms with Crippen molar-refractivity contribution in [1.82, 2.24) is 19.1 Å². The van der Waals surface area contributed by atoms with Crippen molar-refractivity contribution in [2.24, 2.45) is 0 Å². The highest BCUT2D eigenvalue weighted by Crippen LogP contribution is 2.45. The molecule has 0 spiro atoms. The summed E-state index contributed by atoms with van der Waals surface area (Å²) in [6.07, 6.45) is 1.85. The van der Waals surface area contributed by atoms with Crippen LogP contribution in [0.3, 0.4) is 0 Å². The predicted molar refractivity (Wildman–Crippen MR) is 254 cm³/mol. The molecule has 0 aliphatic rings. The first-order valence-corrected chi connectivity index (χ1v) is 21.1. The molecule has 0 saturated carbocycles. The van der Waals surface area contributed by atoms with Gasteiger partial charge in [0.05, 0.1) is 39.0 Å². The van der Waals surface area contributed by atoms with Crippen LogP contribution >= 0.6 is 0 Å². The van der Waals surface area contributed by atoms with Gasteiger partial charge in [-0.05, 0) is 99.8 Å². The van der Waals surface area contributed by atoms with Crippen LogP contribution in [0.5, 0.6) is 5.75 Å². The van der Waals surface area contributed by atoms with Crippen LogP contribution in [0.25, 0.3) is 89.1 Å². The molecule has 7 aromatic carbocycles. The van der Waals surface area contributed by atoms with Gasteiger partial charge in [0, 0.05) is 45.4 Å². The zero-order valence-corrected chi connectivity index (χ0v) is 35.5. The Bertz CT molecular complexity index is 3250. The van der Waals surface area contributed by atoms with E-state index in [0.717, 1.165) is 77.7 Å². The summed E-state index contributed by atoms with van der Waals surface area (Å²) in [6, 6.07) is 59.6. The van der Waals surface area contributed by atoms with Gasteiger partial charge in [0.2, 0.25) is 0 Å². The van der Waals surface area contributed by atoms with Crippen molar-refractivity contribution in [2.75, 3.05) is 0 Å². The summed E-state index contributed by atoms with van der Waals surface area (Å²) in [7, 11) is 0. The lowest BCUT2D eigenvalue weighted by atomic mass is 9.83. The van der Waals surface area contributed by atoms with E-state index in [2.05, 4.69) is 196 Å². The van der Waals surface area contributed by atoms with Gasteiger partial charge >= 0.3 is 0 Å². The number of hydrogen-bond donors (Lipinski definition) is 1. The Morgan fingerprint density at radius 1 is 0.459 bits per heavy atom. The van der Waals surface area contributed by atoms with Crippen molar-refractivity contribution in [2.45, 2.75) is 52.4 Å². The molecule has 10 rings (SSSR count). The SMILES string of the molecule is CC(C)(C)c1cc(-c2ccccn2)cc(-c2cccc3c2nc(-c2cc4c5ccccc5n(-c5ccccc5)c4cc2O)n3-c2ccc(C(C)(C)C)cc2-c2ccccc2)c1. The zero-order chi connectivity index (χ0) is 42.0. The Morgan fingerprint density at radius 2 is 1.15 bits per heavy atom. The van der Waals surface area contributed by atoms with Crippen molar-refractivity contribution in [1.29, 1.82) is 0 Å². The predicted octanol–water partition coefficient (Wildman–Crippen LogP) is 14.5. The third kappa shape index (κ3) is 6.67. The number of aromatic hydroxyl groups is 1. The molecule has 3 aromatic heterocycles. The van der Waals surface area contributed by atoms with E-state index in [1.165, 1.54) is 11.1 Å². The number of rotatable bonds is 6. The molecule has 298 valence electrons. The minimum absolute atomic E-state index is 0.0747. The minimum atomic E-state index is -0.114. The van der Waals surface area contributed by atoms with Crippen molar-refractivity contribution < 1.29 is 5.11 Å². The number of hydrogen-bond acceptors (Lipinski definition) is 3. The van der Waals surface area contributed by atoms with Gasteiger partial charge < -0.3 is 9.67 Å². The van der Waals surface area contributed by atoms with Gasteiger partial charge in [0.25, 0.3) is 0 Å². The smallest absolute Gasteiger partial charge is 0.149 e. The number of phenolic OH excluding ortho intramolecular Hbond substituents is 1. The molecule has 0 amide bonds. The van der Waals surface area contributed by atoms with Gasteiger partial charge in [-0.3, -0.25) is 9.55 Å². The summed E-state index contributed by atoms with van der Waals surface area (Å²) < 4.78 is 4.49. The molecule has 0 fully saturated rings. The van der Waals surface area contributed by atoms with Crippen molar-refractivity contribution in [3.63, 3.8) is 0 Å². The maximum atomic E-state index is 12.4. The fraction of sp³-hybridized carbons (Fsp3) is 0.143. The van der Waals surface area contributed by atoms with Crippen molar-refractivity contribution in [3.8, 4) is 62.0 Å². The maximum Gasteiger partial charge on any atom is 0.149 e. The molecule has 61 heavy (non-hydrogen) atoms. The third-order valence-electron chi connectivity index (χ3n) is 12.0. The number of benzene rings is 7. The molecule has 0 bridgehead atoms. The first-order chi connectivity index (χ1) is 29.4. The molecule has 0 saturated heterocycles. The van der Waals surface area contributed by atoms with Gasteiger partial charge in [-0.2, -0.15) is 0 Å². The summed E-state index contributed by atoms with van der Waals surface area (Å²) in [5, 5.41) is 14.5. The fourth-order valence-corrected chi connectivity index (χ4v) is 8.74. The molecule has 5 nitrogen and oxygen atoms in total. The van der Waals surface area contributed by atoms with E-state index in [-0.39, 0.29) is 16.6 Å². The molecular weight excluding hydrogens is 745 g/mol. The standard InChI is InChI=1S/C56H48N4O/c1-55(2,3)39-27-28-49(44(33-39)36-18-9-7-10-19-36)60-50-26-17-23-42(37-30-38(47-24-15-16-29-57-47)32-40(31-37)56(4,5)6)53(50)58-54(60)46-34-45-43-22-13-14-25-48(43)59(51(45)35-52(46)61)41-20-11-8-12-21-41/h7-35,61H,1-6H3. The van der Waals surface area contributed by atoms with E-state index in [4.69, 9.17) is 9.97 Å². The lowest BCUT2D eigenvalue weighted by molar-refractivity contribution is 0.477. The lowest BCUT2D eigenvalue weighted by Crippen LogP contribution is -2.12. The second-order valence-corrected chi connectivity index (χ2v) is 18.1. The Kier molecular flexibility index (Phi) is 9.03. The quantitative estimate of drug-likeness (QED) is 0.182. The second kappa shape index (κ2) is 14.5. The first kappa shape index (κ1) is 38.0. The average molecular weight is 793 g/mol. The fourth-order valence-electron chi connectivity index (χ4n) is 8.74. The van der Waals surface area contributed by atoms with Gasteiger partial charge in [-0.15, -0.1) is 0 Å². The maximum absolute atomic E-state index is 12.4. The van der Waals surface area contributed by atoms with Crippen LogP contribution in [0.4, 0.5) is 0 Å². The highest BCUT2D eigenvalue weighted by Gasteiger charge is 2.26. The van der Waals surface area contributed by atoms with E-state index in [1.54, 1.807) is 0 Å². The van der Waals surface area contributed by atoms with Crippen molar-refractivity contribution >= 4 is 32.8 Å². The number of pyridine rings is 1. The summed E-state index contributed by atoms with van der Waals surface area (Å²) in [5.74, 6) is 0.821. The Balaban J connectivity index is 1.30. The lowest BCUT2D eigenvalue weighted by Gasteiger charge is -2.23. The van der Waals surface area contributed by atoms with E-state index >= 15 is 0 Å². The Hall–Kier alpha value is -7.24. The largest absolute Gasteiger partial charge is 0.507 e. The number of phenols is 1. The van der Waals surface area contributed by atoms with Gasteiger partial charge in [-0.1, -0.05) is 139 Å². The normalized spacial score (nSPS) is 12.2. The molecule has 5 heteroatoms. The van der Waals surface area contributed by atoms with Crippen LogP contribution in [-0.4, -0.2) is 24.2 Å². The zero-order valence-electron chi connectivity index (χ0n) is 35.5. The Labute approximate surface area is 357 Å². The van der Waals surface area contributed by atoms with Crippen LogP contribution in [0, 0.1) is 0 Å². The molecule has 0 unspecified atom stereocenters.